The predicted octanol–water partition coefficient (Wildman–Crippen LogP) is 3.57. The lowest BCUT2D eigenvalue weighted by Crippen LogP contribution is -1.95. The van der Waals surface area contributed by atoms with Crippen LogP contribution in [0.15, 0.2) is 24.5 Å². The van der Waals surface area contributed by atoms with Gasteiger partial charge in [0.25, 0.3) is 0 Å². The lowest BCUT2D eigenvalue weighted by molar-refractivity contribution is 0.112. The van der Waals surface area contributed by atoms with Crippen LogP contribution in [0.3, 0.4) is 0 Å². The van der Waals surface area contributed by atoms with Gasteiger partial charge in [-0.2, -0.15) is 0 Å². The minimum Gasteiger partial charge on any atom is -0.298 e. The van der Waals surface area contributed by atoms with E-state index in [1.54, 1.807) is 6.07 Å². The van der Waals surface area contributed by atoms with Crippen LogP contribution in [-0.2, 0) is 0 Å². The number of aromatic nitrogens is 2. The molecule has 2 rings (SSSR count). The first-order valence-corrected chi connectivity index (χ1v) is 5.61. The van der Waals surface area contributed by atoms with E-state index in [1.165, 1.54) is 6.33 Å². The van der Waals surface area contributed by atoms with Crippen molar-refractivity contribution in [3.63, 3.8) is 0 Å². The number of carbonyl (C=O) groups is 1. The summed E-state index contributed by atoms with van der Waals surface area (Å²) >= 11 is 11.9. The van der Waals surface area contributed by atoms with Crippen molar-refractivity contribution in [3.8, 4) is 11.3 Å². The molecular formula is C12H8Cl2N2O. The molecule has 0 amide bonds. The molecule has 17 heavy (non-hydrogen) atoms. The van der Waals surface area contributed by atoms with Gasteiger partial charge in [-0.15, -0.1) is 0 Å². The van der Waals surface area contributed by atoms with E-state index in [0.29, 0.717) is 17.0 Å². The Morgan fingerprint density at radius 2 is 2.00 bits per heavy atom. The van der Waals surface area contributed by atoms with E-state index in [-0.39, 0.29) is 10.7 Å². The lowest BCUT2D eigenvalue weighted by atomic mass is 10.1. The zero-order valence-corrected chi connectivity index (χ0v) is 10.5. The minimum absolute atomic E-state index is 0.140. The van der Waals surface area contributed by atoms with Gasteiger partial charge >= 0.3 is 0 Å². The molecule has 1 heterocycles. The number of hydrogen-bond donors (Lipinski definition) is 0. The maximum absolute atomic E-state index is 11.0. The first kappa shape index (κ1) is 12.0. The Morgan fingerprint density at radius 3 is 2.65 bits per heavy atom. The summed E-state index contributed by atoms with van der Waals surface area (Å²) in [6.07, 6.45) is 1.96. The van der Waals surface area contributed by atoms with Crippen LogP contribution in [0, 0.1) is 6.92 Å². The highest BCUT2D eigenvalue weighted by Crippen LogP contribution is 2.27. The zero-order valence-electron chi connectivity index (χ0n) is 8.95. The maximum Gasteiger partial charge on any atom is 0.155 e. The van der Waals surface area contributed by atoms with Crippen molar-refractivity contribution in [2.75, 3.05) is 0 Å². The molecule has 2 aromatic rings. The quantitative estimate of drug-likeness (QED) is 0.617. The first-order valence-electron chi connectivity index (χ1n) is 4.85. The number of rotatable bonds is 2. The molecule has 0 spiro atoms. The number of nitrogens with zero attached hydrogens (tertiary/aromatic N) is 2. The van der Waals surface area contributed by atoms with Crippen LogP contribution in [-0.4, -0.2) is 16.3 Å². The Labute approximate surface area is 108 Å². The average molecular weight is 267 g/mol. The third kappa shape index (κ3) is 2.30. The molecule has 0 N–H and O–H groups in total. The molecule has 0 bridgehead atoms. The normalized spacial score (nSPS) is 10.3. The molecule has 0 atom stereocenters. The van der Waals surface area contributed by atoms with Crippen molar-refractivity contribution in [2.24, 2.45) is 0 Å². The number of benzene rings is 1. The second-order valence-corrected chi connectivity index (χ2v) is 4.27. The van der Waals surface area contributed by atoms with Gasteiger partial charge in [-0.1, -0.05) is 35.3 Å². The van der Waals surface area contributed by atoms with E-state index < -0.39 is 0 Å². The second kappa shape index (κ2) is 4.82. The molecule has 0 saturated carbocycles. The summed E-state index contributed by atoms with van der Waals surface area (Å²) in [5.74, 6) is 0. The highest BCUT2D eigenvalue weighted by atomic mass is 35.5. The Morgan fingerprint density at radius 1 is 1.24 bits per heavy atom. The summed E-state index contributed by atoms with van der Waals surface area (Å²) in [4.78, 5) is 18.8. The predicted molar refractivity (Wildman–Crippen MR) is 67.6 cm³/mol. The van der Waals surface area contributed by atoms with Crippen LogP contribution in [0.5, 0.6) is 0 Å². The van der Waals surface area contributed by atoms with E-state index in [1.807, 2.05) is 19.1 Å². The molecular weight excluding hydrogens is 259 g/mol. The van der Waals surface area contributed by atoms with Crippen molar-refractivity contribution in [1.29, 1.82) is 0 Å². The average Bonchev–Trinajstić information content (AvgIpc) is 2.32. The molecule has 86 valence electrons. The van der Waals surface area contributed by atoms with E-state index in [4.69, 9.17) is 23.2 Å². The minimum atomic E-state index is 0.140. The van der Waals surface area contributed by atoms with Gasteiger partial charge in [0, 0.05) is 10.6 Å². The lowest BCUT2D eigenvalue weighted by Gasteiger charge is -2.06. The van der Waals surface area contributed by atoms with E-state index in [0.717, 1.165) is 11.1 Å². The fraction of sp³-hybridized carbons (Fsp3) is 0.0833. The highest BCUT2D eigenvalue weighted by molar-refractivity contribution is 6.32. The van der Waals surface area contributed by atoms with E-state index in [9.17, 15) is 4.79 Å². The Kier molecular flexibility index (Phi) is 3.41. The molecule has 0 unspecified atom stereocenters. The van der Waals surface area contributed by atoms with Gasteiger partial charge in [0.05, 0.1) is 11.3 Å². The van der Waals surface area contributed by atoms with Crippen molar-refractivity contribution in [3.05, 3.63) is 45.8 Å². The van der Waals surface area contributed by atoms with Gasteiger partial charge in [0.2, 0.25) is 0 Å². The molecule has 5 heteroatoms. The SMILES string of the molecule is Cc1ccc(-c2ncnc(Cl)c2C=O)cc1Cl. The van der Waals surface area contributed by atoms with Gasteiger partial charge in [0.1, 0.15) is 11.5 Å². The van der Waals surface area contributed by atoms with Crippen LogP contribution >= 0.6 is 23.2 Å². The highest BCUT2D eigenvalue weighted by Gasteiger charge is 2.11. The summed E-state index contributed by atoms with van der Waals surface area (Å²) in [6.45, 7) is 1.90. The van der Waals surface area contributed by atoms with Crippen LogP contribution in [0.1, 0.15) is 15.9 Å². The number of halogens is 2. The number of aryl methyl sites for hydroxylation is 1. The monoisotopic (exact) mass is 266 g/mol. The van der Waals surface area contributed by atoms with Crippen molar-refractivity contribution < 1.29 is 4.79 Å². The number of carbonyl (C=O) groups excluding carboxylic acids is 1. The summed E-state index contributed by atoms with van der Waals surface area (Å²) in [6, 6.07) is 5.46. The van der Waals surface area contributed by atoms with Gasteiger partial charge in [0.15, 0.2) is 6.29 Å². The summed E-state index contributed by atoms with van der Waals surface area (Å²) in [7, 11) is 0. The Bertz CT molecular complexity index is 585. The zero-order chi connectivity index (χ0) is 12.4. The Balaban J connectivity index is 2.64. The van der Waals surface area contributed by atoms with Gasteiger partial charge in [-0.05, 0) is 18.6 Å². The van der Waals surface area contributed by atoms with Crippen molar-refractivity contribution in [1.82, 2.24) is 9.97 Å². The maximum atomic E-state index is 11.0. The molecule has 1 aromatic carbocycles. The van der Waals surface area contributed by atoms with Crippen molar-refractivity contribution in [2.45, 2.75) is 6.92 Å². The molecule has 1 aromatic heterocycles. The van der Waals surface area contributed by atoms with Crippen LogP contribution in [0.25, 0.3) is 11.3 Å². The van der Waals surface area contributed by atoms with Crippen LogP contribution in [0.4, 0.5) is 0 Å². The standard InChI is InChI=1S/C12H8Cl2N2O/c1-7-2-3-8(4-10(7)13)11-9(5-17)12(14)16-6-15-11/h2-6H,1H3. The van der Waals surface area contributed by atoms with Crippen molar-refractivity contribution >= 4 is 29.5 Å². The summed E-state index contributed by atoms with van der Waals surface area (Å²) in [5.41, 5.74) is 2.46. The molecule has 0 radical (unpaired) electrons. The van der Waals surface area contributed by atoms with Crippen LogP contribution in [0.2, 0.25) is 10.2 Å². The molecule has 0 saturated heterocycles. The topological polar surface area (TPSA) is 42.9 Å². The van der Waals surface area contributed by atoms with Crippen LogP contribution < -0.4 is 0 Å². The fourth-order valence-corrected chi connectivity index (χ4v) is 1.81. The molecule has 0 fully saturated rings. The second-order valence-electron chi connectivity index (χ2n) is 3.51. The third-order valence-electron chi connectivity index (χ3n) is 2.40. The molecule has 0 aliphatic rings. The van der Waals surface area contributed by atoms with Gasteiger partial charge < -0.3 is 0 Å². The fourth-order valence-electron chi connectivity index (χ4n) is 1.45. The summed E-state index contributed by atoms with van der Waals surface area (Å²) < 4.78 is 0. The van der Waals surface area contributed by atoms with E-state index in [2.05, 4.69) is 9.97 Å². The third-order valence-corrected chi connectivity index (χ3v) is 3.11. The number of aldehydes is 1. The van der Waals surface area contributed by atoms with Gasteiger partial charge in [-0.3, -0.25) is 4.79 Å². The Hall–Kier alpha value is -1.45. The molecule has 0 aliphatic carbocycles. The first-order chi connectivity index (χ1) is 8.13. The smallest absolute Gasteiger partial charge is 0.155 e. The molecule has 3 nitrogen and oxygen atoms in total. The van der Waals surface area contributed by atoms with Gasteiger partial charge in [-0.25, -0.2) is 9.97 Å². The summed E-state index contributed by atoms with van der Waals surface area (Å²) in [5, 5.41) is 0.760. The molecule has 0 aliphatic heterocycles. The number of hydrogen-bond acceptors (Lipinski definition) is 3. The van der Waals surface area contributed by atoms with E-state index >= 15 is 0 Å². The largest absolute Gasteiger partial charge is 0.298 e.